The maximum Gasteiger partial charge on any atom is 0.0823 e. The van der Waals surface area contributed by atoms with Crippen molar-refractivity contribution >= 4 is 0 Å². The first-order valence-electron chi connectivity index (χ1n) is 6.91. The molecule has 0 bridgehead atoms. The first kappa shape index (κ1) is 11.3. The number of aliphatic hydroxyl groups excluding tert-OH is 1. The second-order valence-corrected chi connectivity index (χ2v) is 6.12. The number of rotatable bonds is 4. The molecule has 92 valence electrons. The summed E-state index contributed by atoms with van der Waals surface area (Å²) in [5.41, 5.74) is 3.68. The number of hydrogen-bond acceptors (Lipinski definition) is 1. The molecule has 2 aliphatic rings. The van der Waals surface area contributed by atoms with Gasteiger partial charge in [0, 0.05) is 0 Å². The third-order valence-corrected chi connectivity index (χ3v) is 4.28. The van der Waals surface area contributed by atoms with Crippen molar-refractivity contribution in [3.63, 3.8) is 0 Å². The van der Waals surface area contributed by atoms with E-state index < -0.39 is 0 Å². The van der Waals surface area contributed by atoms with Crippen LogP contribution in [0.2, 0.25) is 0 Å². The molecule has 1 heteroatoms. The van der Waals surface area contributed by atoms with E-state index in [1.165, 1.54) is 36.8 Å². The predicted molar refractivity (Wildman–Crippen MR) is 69.8 cm³/mol. The Labute approximate surface area is 104 Å². The molecule has 1 aromatic carbocycles. The molecule has 0 radical (unpaired) electrons. The molecule has 2 fully saturated rings. The fourth-order valence-electron chi connectivity index (χ4n) is 3.27. The van der Waals surface area contributed by atoms with E-state index in [9.17, 15) is 5.11 Å². The monoisotopic (exact) mass is 230 g/mol. The van der Waals surface area contributed by atoms with Crippen LogP contribution in [-0.4, -0.2) is 5.11 Å². The van der Waals surface area contributed by atoms with Crippen LogP contribution in [0.5, 0.6) is 0 Å². The molecule has 1 unspecified atom stereocenters. The van der Waals surface area contributed by atoms with Gasteiger partial charge in [-0.15, -0.1) is 0 Å². The first-order chi connectivity index (χ1) is 8.15. The Morgan fingerprint density at radius 1 is 0.941 bits per heavy atom. The van der Waals surface area contributed by atoms with Gasteiger partial charge in [-0.3, -0.25) is 0 Å². The van der Waals surface area contributed by atoms with Gasteiger partial charge in [-0.05, 0) is 62.8 Å². The zero-order valence-electron chi connectivity index (χ0n) is 10.8. The predicted octanol–water partition coefficient (Wildman–Crippen LogP) is 3.77. The molecule has 17 heavy (non-hydrogen) atoms. The standard InChI is InChI=1S/C16H22O/c1-10-7-11(2)9-14(8-10)16(17)15(12-3-4-12)13-5-6-13/h7-9,12-13,15-17H,3-6H2,1-2H3. The normalized spacial score (nSPS) is 21.9. The van der Waals surface area contributed by atoms with Crippen LogP contribution in [-0.2, 0) is 0 Å². The fourth-order valence-corrected chi connectivity index (χ4v) is 3.27. The van der Waals surface area contributed by atoms with Crippen LogP contribution >= 0.6 is 0 Å². The summed E-state index contributed by atoms with van der Waals surface area (Å²) in [7, 11) is 0. The van der Waals surface area contributed by atoms with Crippen LogP contribution in [0.25, 0.3) is 0 Å². The molecule has 1 N–H and O–H groups in total. The Morgan fingerprint density at radius 2 is 1.41 bits per heavy atom. The molecule has 1 aromatic rings. The van der Waals surface area contributed by atoms with E-state index in [2.05, 4.69) is 32.0 Å². The summed E-state index contributed by atoms with van der Waals surface area (Å²) >= 11 is 0. The smallest absolute Gasteiger partial charge is 0.0823 e. The molecule has 0 heterocycles. The van der Waals surface area contributed by atoms with Gasteiger partial charge in [0.1, 0.15) is 0 Å². The quantitative estimate of drug-likeness (QED) is 0.834. The maximum absolute atomic E-state index is 10.6. The van der Waals surface area contributed by atoms with Gasteiger partial charge < -0.3 is 5.11 Å². The minimum atomic E-state index is -0.228. The topological polar surface area (TPSA) is 20.2 Å². The van der Waals surface area contributed by atoms with E-state index in [4.69, 9.17) is 0 Å². The molecule has 0 aromatic heterocycles. The van der Waals surface area contributed by atoms with Crippen molar-refractivity contribution in [3.05, 3.63) is 34.9 Å². The molecule has 0 aliphatic heterocycles. The van der Waals surface area contributed by atoms with E-state index in [1.54, 1.807) is 0 Å². The highest BCUT2D eigenvalue weighted by molar-refractivity contribution is 5.30. The molecule has 0 spiro atoms. The van der Waals surface area contributed by atoms with Crippen molar-refractivity contribution in [2.75, 3.05) is 0 Å². The Morgan fingerprint density at radius 3 is 1.82 bits per heavy atom. The Bertz CT molecular complexity index is 383. The minimum absolute atomic E-state index is 0.228. The summed E-state index contributed by atoms with van der Waals surface area (Å²) in [6.45, 7) is 4.24. The second-order valence-electron chi connectivity index (χ2n) is 6.12. The molecule has 3 rings (SSSR count). The number of aliphatic hydroxyl groups is 1. The van der Waals surface area contributed by atoms with Crippen molar-refractivity contribution in [1.82, 2.24) is 0 Å². The number of hydrogen-bond donors (Lipinski definition) is 1. The lowest BCUT2D eigenvalue weighted by Gasteiger charge is -2.23. The lowest BCUT2D eigenvalue weighted by atomic mass is 9.86. The van der Waals surface area contributed by atoms with Crippen molar-refractivity contribution in [3.8, 4) is 0 Å². The lowest BCUT2D eigenvalue weighted by molar-refractivity contribution is 0.0820. The fraction of sp³-hybridized carbons (Fsp3) is 0.625. The average molecular weight is 230 g/mol. The van der Waals surface area contributed by atoms with Gasteiger partial charge in [0.05, 0.1) is 6.10 Å². The van der Waals surface area contributed by atoms with Crippen molar-refractivity contribution in [1.29, 1.82) is 0 Å². The zero-order chi connectivity index (χ0) is 12.0. The maximum atomic E-state index is 10.6. The summed E-state index contributed by atoms with van der Waals surface area (Å²) < 4.78 is 0. The minimum Gasteiger partial charge on any atom is -0.388 e. The number of benzene rings is 1. The summed E-state index contributed by atoms with van der Waals surface area (Å²) in [5.74, 6) is 2.15. The zero-order valence-corrected chi connectivity index (χ0v) is 10.8. The summed E-state index contributed by atoms with van der Waals surface area (Å²) in [6, 6.07) is 6.50. The van der Waals surface area contributed by atoms with Gasteiger partial charge in [-0.1, -0.05) is 29.3 Å². The highest BCUT2D eigenvalue weighted by Gasteiger charge is 2.45. The van der Waals surface area contributed by atoms with Gasteiger partial charge >= 0.3 is 0 Å². The summed E-state index contributed by atoms with van der Waals surface area (Å²) in [5, 5.41) is 10.6. The van der Waals surface area contributed by atoms with Gasteiger partial charge in [-0.2, -0.15) is 0 Å². The molecular weight excluding hydrogens is 208 g/mol. The Balaban J connectivity index is 1.85. The number of aryl methyl sites for hydroxylation is 2. The van der Waals surface area contributed by atoms with E-state index >= 15 is 0 Å². The average Bonchev–Trinajstić information content (AvgIpc) is 3.11. The SMILES string of the molecule is Cc1cc(C)cc(C(O)C(C2CC2)C2CC2)c1. The molecule has 2 aliphatic carbocycles. The van der Waals surface area contributed by atoms with E-state index in [0.717, 1.165) is 17.4 Å². The Hall–Kier alpha value is -0.820. The van der Waals surface area contributed by atoms with Crippen LogP contribution in [0.3, 0.4) is 0 Å². The second kappa shape index (κ2) is 4.13. The van der Waals surface area contributed by atoms with E-state index in [0.29, 0.717) is 5.92 Å². The van der Waals surface area contributed by atoms with Crippen LogP contribution < -0.4 is 0 Å². The summed E-state index contributed by atoms with van der Waals surface area (Å²) in [4.78, 5) is 0. The van der Waals surface area contributed by atoms with E-state index in [-0.39, 0.29) is 6.10 Å². The molecule has 1 nitrogen and oxygen atoms in total. The molecule has 2 saturated carbocycles. The highest BCUT2D eigenvalue weighted by atomic mass is 16.3. The third kappa shape index (κ3) is 2.40. The molecular formula is C16H22O. The van der Waals surface area contributed by atoms with E-state index in [1.807, 2.05) is 0 Å². The van der Waals surface area contributed by atoms with Crippen molar-refractivity contribution in [2.45, 2.75) is 45.6 Å². The van der Waals surface area contributed by atoms with Gasteiger partial charge in [-0.25, -0.2) is 0 Å². The molecule has 0 saturated heterocycles. The summed E-state index contributed by atoms with van der Waals surface area (Å²) in [6.07, 6.45) is 5.12. The van der Waals surface area contributed by atoms with Crippen LogP contribution in [0, 0.1) is 31.6 Å². The van der Waals surface area contributed by atoms with Crippen molar-refractivity contribution < 1.29 is 5.11 Å². The largest absolute Gasteiger partial charge is 0.388 e. The first-order valence-corrected chi connectivity index (χ1v) is 6.91. The van der Waals surface area contributed by atoms with Gasteiger partial charge in [0.2, 0.25) is 0 Å². The van der Waals surface area contributed by atoms with Gasteiger partial charge in [0.15, 0.2) is 0 Å². The molecule has 0 amide bonds. The Kier molecular flexibility index (Phi) is 2.74. The molecule has 1 atom stereocenters. The van der Waals surface area contributed by atoms with Crippen LogP contribution in [0.15, 0.2) is 18.2 Å². The lowest BCUT2D eigenvalue weighted by Crippen LogP contribution is -2.17. The third-order valence-electron chi connectivity index (χ3n) is 4.28. The highest BCUT2D eigenvalue weighted by Crippen LogP contribution is 2.54. The van der Waals surface area contributed by atoms with Crippen LogP contribution in [0.4, 0.5) is 0 Å². The van der Waals surface area contributed by atoms with Crippen LogP contribution in [0.1, 0.15) is 48.5 Å². The van der Waals surface area contributed by atoms with Gasteiger partial charge in [0.25, 0.3) is 0 Å². The van der Waals surface area contributed by atoms with Crippen molar-refractivity contribution in [2.24, 2.45) is 17.8 Å².